The van der Waals surface area contributed by atoms with Crippen LogP contribution in [0, 0.1) is 11.8 Å². The van der Waals surface area contributed by atoms with E-state index in [1.807, 2.05) is 35.2 Å². The lowest BCUT2D eigenvalue weighted by Gasteiger charge is -2.32. The average molecular weight is 702 g/mol. The number of carbonyl (C=O) groups excluding carboxylic acids is 1. The summed E-state index contributed by atoms with van der Waals surface area (Å²) >= 11 is 6.46. The van der Waals surface area contributed by atoms with Crippen LogP contribution in [0.1, 0.15) is 42.1 Å². The highest BCUT2D eigenvalue weighted by atomic mass is 35.5. The van der Waals surface area contributed by atoms with Crippen molar-refractivity contribution >= 4 is 45.3 Å². The number of phenolic OH excluding ortho intramolecular Hbond substituents is 1. The molecule has 258 valence electrons. The number of likely N-dealkylation sites (N-methyl/N-ethyl adjacent to an activating group) is 1. The van der Waals surface area contributed by atoms with Crippen LogP contribution in [0.2, 0.25) is 5.02 Å². The third-order valence-corrected chi connectivity index (χ3v) is 9.37. The number of H-pyrrole nitrogens is 1. The van der Waals surface area contributed by atoms with Gasteiger partial charge in [-0.25, -0.2) is 19.6 Å². The van der Waals surface area contributed by atoms with Gasteiger partial charge >= 0.3 is 0 Å². The smallest absolute Gasteiger partial charge is 0.260 e. The summed E-state index contributed by atoms with van der Waals surface area (Å²) < 4.78 is 1.71. The second-order valence-electron chi connectivity index (χ2n) is 12.6. The first-order chi connectivity index (χ1) is 24.7. The van der Waals surface area contributed by atoms with Gasteiger partial charge in [0, 0.05) is 55.2 Å². The van der Waals surface area contributed by atoms with E-state index in [9.17, 15) is 14.7 Å². The quantitative estimate of drug-likeness (QED) is 0.150. The lowest BCUT2D eigenvalue weighted by atomic mass is 9.97. The molecular formula is C38H36ClN9O3. The number of hydrogen-bond donors (Lipinski definition) is 3. The van der Waals surface area contributed by atoms with E-state index in [-0.39, 0.29) is 29.6 Å². The molecular weight excluding hydrogens is 666 g/mol. The lowest BCUT2D eigenvalue weighted by molar-refractivity contribution is -0.132. The van der Waals surface area contributed by atoms with Crippen molar-refractivity contribution in [2.45, 2.75) is 31.7 Å². The molecule has 1 amide bonds. The number of nitrogens with one attached hydrogen (secondary N) is 1. The summed E-state index contributed by atoms with van der Waals surface area (Å²) in [4.78, 5) is 47.2. The highest BCUT2D eigenvalue weighted by Crippen LogP contribution is 2.34. The normalized spacial score (nSPS) is 14.0. The van der Waals surface area contributed by atoms with Crippen LogP contribution in [0.3, 0.4) is 0 Å². The van der Waals surface area contributed by atoms with Gasteiger partial charge in [-0.15, -0.1) is 0 Å². The van der Waals surface area contributed by atoms with Crippen LogP contribution in [0.25, 0.3) is 33.2 Å². The van der Waals surface area contributed by atoms with Gasteiger partial charge in [-0.3, -0.25) is 9.59 Å². The number of rotatable bonds is 8. The maximum atomic E-state index is 13.8. The number of aromatic nitrogens is 6. The molecule has 1 fully saturated rings. The van der Waals surface area contributed by atoms with Crippen LogP contribution < -0.4 is 11.3 Å². The Morgan fingerprint density at radius 3 is 2.65 bits per heavy atom. The number of fused-ring (bicyclic) bond motifs is 2. The second-order valence-corrected chi connectivity index (χ2v) is 13.1. The topological polar surface area (TPSA) is 159 Å². The predicted molar refractivity (Wildman–Crippen MR) is 197 cm³/mol. The van der Waals surface area contributed by atoms with Gasteiger partial charge in [0.25, 0.3) is 5.56 Å². The van der Waals surface area contributed by atoms with Crippen molar-refractivity contribution < 1.29 is 9.90 Å². The number of benzene rings is 3. The van der Waals surface area contributed by atoms with E-state index >= 15 is 0 Å². The number of anilines is 1. The van der Waals surface area contributed by atoms with E-state index in [0.29, 0.717) is 68.9 Å². The van der Waals surface area contributed by atoms with Crippen molar-refractivity contribution in [3.8, 4) is 28.8 Å². The molecule has 1 aliphatic rings. The van der Waals surface area contributed by atoms with Crippen molar-refractivity contribution in [1.29, 1.82) is 0 Å². The number of hydrogen-bond acceptors (Lipinski definition) is 9. The Morgan fingerprint density at radius 1 is 1.04 bits per heavy atom. The number of halogens is 1. The van der Waals surface area contributed by atoms with Crippen LogP contribution in [-0.4, -0.2) is 83.8 Å². The molecule has 1 aliphatic heterocycles. The standard InChI is InChI=1S/C38H36ClN9O3/c1-46-16-18-47(19-17-46)31(50)15-4-2-3-8-24-9-7-14-30-32(24)38(51)44-36(43-30)29(25-10-5-12-27(39)20-25)22-48-37-33(35(40)41-23-42-37)34(45-48)26-11-6-13-28(49)21-26/h5-7,9-14,20-21,23,29,49H,2,4,15-19,22H2,1H3,(H2,40,41,42)(H,43,44,51). The number of nitrogen functional groups attached to an aromatic ring is 1. The monoisotopic (exact) mass is 701 g/mol. The van der Waals surface area contributed by atoms with E-state index < -0.39 is 5.92 Å². The van der Waals surface area contributed by atoms with Gasteiger partial charge in [-0.2, -0.15) is 5.10 Å². The Morgan fingerprint density at radius 2 is 1.84 bits per heavy atom. The first-order valence-corrected chi connectivity index (χ1v) is 17.1. The zero-order chi connectivity index (χ0) is 35.5. The fourth-order valence-electron chi connectivity index (χ4n) is 6.44. The molecule has 0 saturated carbocycles. The maximum absolute atomic E-state index is 13.8. The number of aromatic hydroxyl groups is 1. The van der Waals surface area contributed by atoms with Crippen LogP contribution in [0.15, 0.2) is 77.9 Å². The zero-order valence-corrected chi connectivity index (χ0v) is 28.8. The summed E-state index contributed by atoms with van der Waals surface area (Å²) in [7, 11) is 2.06. The van der Waals surface area contributed by atoms with E-state index in [1.165, 1.54) is 6.33 Å². The molecule has 0 bridgehead atoms. The van der Waals surface area contributed by atoms with Crippen LogP contribution in [-0.2, 0) is 11.3 Å². The molecule has 3 aromatic carbocycles. The van der Waals surface area contributed by atoms with Crippen molar-refractivity contribution in [2.24, 2.45) is 0 Å². The Hall–Kier alpha value is -5.77. The third-order valence-electron chi connectivity index (χ3n) is 9.14. The molecule has 51 heavy (non-hydrogen) atoms. The molecule has 0 spiro atoms. The van der Waals surface area contributed by atoms with Gasteiger partial charge in [0.2, 0.25) is 5.91 Å². The van der Waals surface area contributed by atoms with E-state index in [4.69, 9.17) is 27.4 Å². The van der Waals surface area contributed by atoms with E-state index in [2.05, 4.69) is 38.7 Å². The number of aromatic amines is 1. The summed E-state index contributed by atoms with van der Waals surface area (Å²) in [6, 6.07) is 19.5. The Balaban J connectivity index is 1.20. The Kier molecular flexibility index (Phi) is 9.65. The van der Waals surface area contributed by atoms with Gasteiger partial charge in [0.05, 0.1) is 28.8 Å². The largest absolute Gasteiger partial charge is 0.508 e. The molecule has 1 atom stereocenters. The zero-order valence-electron chi connectivity index (χ0n) is 28.0. The molecule has 6 aromatic rings. The van der Waals surface area contributed by atoms with Crippen molar-refractivity contribution in [1.82, 2.24) is 39.5 Å². The number of phenols is 1. The number of amides is 1. The van der Waals surface area contributed by atoms with Crippen molar-refractivity contribution in [3.63, 3.8) is 0 Å². The summed E-state index contributed by atoms with van der Waals surface area (Å²) in [6.45, 7) is 3.51. The highest BCUT2D eigenvalue weighted by molar-refractivity contribution is 6.30. The third kappa shape index (κ3) is 7.26. The highest BCUT2D eigenvalue weighted by Gasteiger charge is 2.25. The van der Waals surface area contributed by atoms with Crippen molar-refractivity contribution in [3.05, 3.63) is 105 Å². The van der Waals surface area contributed by atoms with Gasteiger partial charge < -0.3 is 25.6 Å². The fraction of sp³-hybridized carbons (Fsp3) is 0.263. The van der Waals surface area contributed by atoms with Gasteiger partial charge in [0.1, 0.15) is 29.4 Å². The van der Waals surface area contributed by atoms with E-state index in [0.717, 1.165) is 31.7 Å². The summed E-state index contributed by atoms with van der Waals surface area (Å²) in [5.41, 5.74) is 9.52. The summed E-state index contributed by atoms with van der Waals surface area (Å²) in [5.74, 6) is 6.69. The number of unbranched alkanes of at least 4 members (excludes halogenated alkanes) is 1. The SMILES string of the molecule is CN1CCN(C(=O)CCCC#Cc2cccc3nc(C(Cn4nc(-c5cccc(O)c5)c5c(N)ncnc54)c4cccc(Cl)c4)[nH]c(=O)c23)CC1. The minimum atomic E-state index is -0.510. The minimum Gasteiger partial charge on any atom is -0.508 e. The predicted octanol–water partition coefficient (Wildman–Crippen LogP) is 4.80. The van der Waals surface area contributed by atoms with Crippen LogP contribution in [0.5, 0.6) is 5.75 Å². The van der Waals surface area contributed by atoms with Gasteiger partial charge in [-0.05, 0) is 55.4 Å². The molecule has 7 rings (SSSR count). The number of carbonyl (C=O) groups is 1. The molecule has 13 heteroatoms. The van der Waals surface area contributed by atoms with Crippen LogP contribution in [0.4, 0.5) is 5.82 Å². The van der Waals surface area contributed by atoms with Crippen molar-refractivity contribution in [2.75, 3.05) is 39.0 Å². The second kappa shape index (κ2) is 14.6. The number of piperazine rings is 1. The lowest BCUT2D eigenvalue weighted by Crippen LogP contribution is -2.47. The average Bonchev–Trinajstić information content (AvgIpc) is 3.50. The van der Waals surface area contributed by atoms with Gasteiger partial charge in [-0.1, -0.05) is 53.8 Å². The first kappa shape index (κ1) is 33.7. The molecule has 4 heterocycles. The summed E-state index contributed by atoms with van der Waals surface area (Å²) in [6.07, 6.45) is 3.01. The minimum absolute atomic E-state index is 0.0840. The summed E-state index contributed by atoms with van der Waals surface area (Å²) in [5, 5.41) is 16.5. The Labute approximate surface area is 298 Å². The van der Waals surface area contributed by atoms with Gasteiger partial charge in [0.15, 0.2) is 5.65 Å². The fourth-order valence-corrected chi connectivity index (χ4v) is 6.64. The Bertz CT molecular complexity index is 2370. The molecule has 1 unspecified atom stereocenters. The molecule has 4 N–H and O–H groups in total. The molecule has 0 radical (unpaired) electrons. The molecule has 12 nitrogen and oxygen atoms in total. The van der Waals surface area contributed by atoms with E-state index in [1.54, 1.807) is 41.1 Å². The number of nitrogens with zero attached hydrogens (tertiary/aromatic N) is 7. The molecule has 3 aromatic heterocycles. The first-order valence-electron chi connectivity index (χ1n) is 16.7. The maximum Gasteiger partial charge on any atom is 0.260 e. The molecule has 1 saturated heterocycles. The molecule has 0 aliphatic carbocycles. The number of nitrogens with two attached hydrogens (primary N) is 1. The van der Waals surface area contributed by atoms with Crippen LogP contribution >= 0.6 is 11.6 Å².